The number of ether oxygens (including phenoxy) is 2. The van der Waals surface area contributed by atoms with Gasteiger partial charge < -0.3 is 25.0 Å². The van der Waals surface area contributed by atoms with Crippen molar-refractivity contribution in [2.24, 2.45) is 5.41 Å². The number of piperidine rings is 1. The first-order valence-electron chi connectivity index (χ1n) is 9.15. The van der Waals surface area contributed by atoms with Crippen LogP contribution in [-0.4, -0.2) is 63.5 Å². The van der Waals surface area contributed by atoms with E-state index in [0.717, 1.165) is 16.8 Å². The molecular formula is C17H24FN3O7. The second-order valence-corrected chi connectivity index (χ2v) is 7.21. The summed E-state index contributed by atoms with van der Waals surface area (Å²) in [4.78, 5) is 37.5. The first kappa shape index (κ1) is 20.6. The zero-order valence-corrected chi connectivity index (χ0v) is 15.4. The minimum atomic E-state index is -2.91. The zero-order valence-electron chi connectivity index (χ0n) is 15.4. The van der Waals surface area contributed by atoms with Gasteiger partial charge in [-0.1, -0.05) is 6.92 Å². The molecule has 1 aromatic heterocycles. The summed E-state index contributed by atoms with van der Waals surface area (Å²) < 4.78 is 26.1. The quantitative estimate of drug-likeness (QED) is 0.450. The summed E-state index contributed by atoms with van der Waals surface area (Å²) in [6, 6.07) is 0.990. The number of hydrogen-bond donors (Lipinski definition) is 4. The van der Waals surface area contributed by atoms with Crippen LogP contribution in [0.4, 0.5) is 4.39 Å². The minimum absolute atomic E-state index is 0.522. The molecule has 156 valence electrons. The highest BCUT2D eigenvalue weighted by Crippen LogP contribution is 2.39. The van der Waals surface area contributed by atoms with Crippen LogP contribution in [-0.2, 0) is 14.3 Å². The van der Waals surface area contributed by atoms with Crippen LogP contribution >= 0.6 is 0 Å². The third kappa shape index (κ3) is 3.62. The molecule has 0 amide bonds. The van der Waals surface area contributed by atoms with Crippen molar-refractivity contribution in [2.45, 2.75) is 50.5 Å². The number of alkyl halides is 1. The topological polar surface area (TPSA) is 143 Å². The molecule has 3 rings (SSSR count). The summed E-state index contributed by atoms with van der Waals surface area (Å²) in [6.45, 7) is 2.19. The molecule has 3 heterocycles. The maximum absolute atomic E-state index is 15.2. The summed E-state index contributed by atoms with van der Waals surface area (Å²) in [5, 5.41) is 23.4. The molecule has 0 unspecified atom stereocenters. The molecule has 0 aromatic carbocycles. The summed E-state index contributed by atoms with van der Waals surface area (Å²) in [5.41, 5.74) is -2.36. The van der Waals surface area contributed by atoms with Crippen LogP contribution in [0.5, 0.6) is 0 Å². The van der Waals surface area contributed by atoms with E-state index in [9.17, 15) is 24.6 Å². The van der Waals surface area contributed by atoms with Gasteiger partial charge in [0.1, 0.15) is 12.2 Å². The average Bonchev–Trinajstić information content (AvgIpc) is 2.91. The molecule has 0 aliphatic carbocycles. The summed E-state index contributed by atoms with van der Waals surface area (Å²) in [7, 11) is 0. The van der Waals surface area contributed by atoms with Gasteiger partial charge in [-0.15, -0.1) is 0 Å². The molecule has 28 heavy (non-hydrogen) atoms. The molecule has 4 atom stereocenters. The van der Waals surface area contributed by atoms with Crippen LogP contribution in [0.25, 0.3) is 0 Å². The van der Waals surface area contributed by atoms with E-state index >= 15 is 4.39 Å². The van der Waals surface area contributed by atoms with E-state index in [2.05, 4.69) is 5.32 Å². The highest BCUT2D eigenvalue weighted by Gasteiger charge is 2.57. The lowest BCUT2D eigenvalue weighted by Gasteiger charge is -2.35. The van der Waals surface area contributed by atoms with Crippen LogP contribution in [0.2, 0.25) is 0 Å². The Hall–Kier alpha value is -2.08. The Bertz CT molecular complexity index is 835. The van der Waals surface area contributed by atoms with E-state index < -0.39 is 53.5 Å². The van der Waals surface area contributed by atoms with Gasteiger partial charge in [-0.25, -0.2) is 9.18 Å². The SMILES string of the molecule is CCC1(C(=O)OC[C@@]2(F)O[C@@H](n3ccc(=O)[nH]c3=O)[C@H](O)[C@@H]2O)CCNCC1. The molecule has 1 aromatic rings. The van der Waals surface area contributed by atoms with Crippen molar-refractivity contribution in [3.8, 4) is 0 Å². The van der Waals surface area contributed by atoms with Crippen molar-refractivity contribution >= 4 is 5.97 Å². The molecule has 0 saturated carbocycles. The van der Waals surface area contributed by atoms with Gasteiger partial charge in [-0.3, -0.25) is 19.1 Å². The fraction of sp³-hybridized carbons (Fsp3) is 0.706. The van der Waals surface area contributed by atoms with Gasteiger partial charge in [0.2, 0.25) is 0 Å². The van der Waals surface area contributed by atoms with E-state index in [-0.39, 0.29) is 0 Å². The first-order chi connectivity index (χ1) is 13.2. The molecule has 0 bridgehead atoms. The van der Waals surface area contributed by atoms with Gasteiger partial charge in [0, 0.05) is 12.3 Å². The fourth-order valence-corrected chi connectivity index (χ4v) is 3.64. The molecule has 2 fully saturated rings. The van der Waals surface area contributed by atoms with Gasteiger partial charge in [0.15, 0.2) is 12.8 Å². The average molecular weight is 401 g/mol. The van der Waals surface area contributed by atoms with Crippen LogP contribution < -0.4 is 16.6 Å². The van der Waals surface area contributed by atoms with Crippen LogP contribution in [0.15, 0.2) is 21.9 Å². The Morgan fingerprint density at radius 1 is 1.39 bits per heavy atom. The van der Waals surface area contributed by atoms with Crippen molar-refractivity contribution in [3.63, 3.8) is 0 Å². The number of esters is 1. The monoisotopic (exact) mass is 401 g/mol. The number of nitrogens with one attached hydrogen (secondary N) is 2. The van der Waals surface area contributed by atoms with Crippen molar-refractivity contribution in [2.75, 3.05) is 19.7 Å². The number of aromatic amines is 1. The Labute approximate surface area is 159 Å². The predicted molar refractivity (Wildman–Crippen MR) is 93.1 cm³/mol. The zero-order chi connectivity index (χ0) is 20.5. The summed E-state index contributed by atoms with van der Waals surface area (Å²) in [6.07, 6.45) is -2.84. The Balaban J connectivity index is 1.74. The number of aliphatic hydroxyl groups is 2. The van der Waals surface area contributed by atoms with Gasteiger partial charge in [-0.05, 0) is 32.4 Å². The third-order valence-corrected chi connectivity index (χ3v) is 5.57. The van der Waals surface area contributed by atoms with E-state index in [0.29, 0.717) is 32.4 Å². The van der Waals surface area contributed by atoms with Crippen molar-refractivity contribution in [1.29, 1.82) is 0 Å². The molecule has 11 heteroatoms. The fourth-order valence-electron chi connectivity index (χ4n) is 3.64. The smallest absolute Gasteiger partial charge is 0.330 e. The minimum Gasteiger partial charge on any atom is -0.459 e. The molecule has 2 aliphatic heterocycles. The normalized spacial score (nSPS) is 32.2. The number of carbonyl (C=O) groups excluding carboxylic acids is 1. The largest absolute Gasteiger partial charge is 0.459 e. The second-order valence-electron chi connectivity index (χ2n) is 7.21. The van der Waals surface area contributed by atoms with Crippen molar-refractivity contribution in [3.05, 3.63) is 33.1 Å². The lowest BCUT2D eigenvalue weighted by molar-refractivity contribution is -0.221. The second kappa shape index (κ2) is 7.74. The van der Waals surface area contributed by atoms with Crippen molar-refractivity contribution in [1.82, 2.24) is 14.9 Å². The number of hydrogen-bond acceptors (Lipinski definition) is 8. The maximum atomic E-state index is 15.2. The summed E-state index contributed by atoms with van der Waals surface area (Å²) in [5.74, 6) is -3.50. The Kier molecular flexibility index (Phi) is 5.71. The van der Waals surface area contributed by atoms with Crippen LogP contribution in [0, 0.1) is 5.41 Å². The van der Waals surface area contributed by atoms with E-state index in [4.69, 9.17) is 9.47 Å². The van der Waals surface area contributed by atoms with E-state index in [1.54, 1.807) is 0 Å². The molecular weight excluding hydrogens is 377 g/mol. The number of carbonyl (C=O) groups is 1. The predicted octanol–water partition coefficient (Wildman–Crippen LogP) is -1.22. The summed E-state index contributed by atoms with van der Waals surface area (Å²) >= 11 is 0. The lowest BCUT2D eigenvalue weighted by atomic mass is 9.77. The van der Waals surface area contributed by atoms with Crippen molar-refractivity contribution < 1.29 is 28.9 Å². The molecule has 4 N–H and O–H groups in total. The number of halogens is 1. The van der Waals surface area contributed by atoms with Crippen LogP contribution in [0.3, 0.4) is 0 Å². The lowest BCUT2D eigenvalue weighted by Crippen LogP contribution is -2.47. The first-order valence-corrected chi connectivity index (χ1v) is 9.15. The molecule has 0 radical (unpaired) electrons. The number of H-pyrrole nitrogens is 1. The highest BCUT2D eigenvalue weighted by molar-refractivity contribution is 5.77. The van der Waals surface area contributed by atoms with E-state index in [1.165, 1.54) is 0 Å². The molecule has 2 aliphatic rings. The highest BCUT2D eigenvalue weighted by atomic mass is 19.2. The number of rotatable bonds is 5. The van der Waals surface area contributed by atoms with Gasteiger partial charge in [0.25, 0.3) is 11.4 Å². The molecule has 2 saturated heterocycles. The van der Waals surface area contributed by atoms with Crippen LogP contribution in [0.1, 0.15) is 32.4 Å². The van der Waals surface area contributed by atoms with Gasteiger partial charge in [0.05, 0.1) is 5.41 Å². The number of nitrogens with zero attached hydrogens (tertiary/aromatic N) is 1. The number of aliphatic hydroxyl groups excluding tert-OH is 2. The Morgan fingerprint density at radius 3 is 2.68 bits per heavy atom. The standard InChI is InChI=1S/C17H24FN3O7/c1-2-16(4-6-19-7-5-16)14(25)27-9-17(18)12(24)11(23)13(28-17)21-8-3-10(22)20-15(21)26/h3,8,11-13,19,23-24H,2,4-7,9H2,1H3,(H,20,22,26)/t11-,12+,13-,17-/m1/s1. The third-order valence-electron chi connectivity index (χ3n) is 5.57. The maximum Gasteiger partial charge on any atom is 0.330 e. The van der Waals surface area contributed by atoms with Gasteiger partial charge in [-0.2, -0.15) is 0 Å². The molecule has 0 spiro atoms. The number of aromatic nitrogens is 2. The Morgan fingerprint density at radius 2 is 2.07 bits per heavy atom. The van der Waals surface area contributed by atoms with Gasteiger partial charge >= 0.3 is 11.7 Å². The molecule has 10 nitrogen and oxygen atoms in total. The van der Waals surface area contributed by atoms with E-state index in [1.807, 2.05) is 11.9 Å².